The van der Waals surface area contributed by atoms with Gasteiger partial charge in [-0.05, 0) is 46.1 Å². The van der Waals surface area contributed by atoms with Gasteiger partial charge in [-0.1, -0.05) is 0 Å². The Hall–Kier alpha value is -1.00. The van der Waals surface area contributed by atoms with E-state index in [9.17, 15) is 0 Å². The molecular weight excluding hydrogens is 226 g/mol. The Bertz CT molecular complexity index is 412. The monoisotopic (exact) mass is 249 g/mol. The van der Waals surface area contributed by atoms with Crippen LogP contribution < -0.4 is 5.73 Å². The van der Waals surface area contributed by atoms with Crippen LogP contribution in [0.1, 0.15) is 50.3 Å². The van der Waals surface area contributed by atoms with E-state index in [1.807, 2.05) is 19.9 Å². The van der Waals surface area contributed by atoms with Gasteiger partial charge in [0.1, 0.15) is 5.60 Å². The zero-order valence-corrected chi connectivity index (χ0v) is 11.6. The molecule has 4 heteroatoms. The molecule has 100 valence electrons. The van der Waals surface area contributed by atoms with E-state index in [2.05, 4.69) is 16.9 Å². The van der Waals surface area contributed by atoms with Gasteiger partial charge in [0.15, 0.2) is 5.82 Å². The predicted molar refractivity (Wildman–Crippen MR) is 71.3 cm³/mol. The highest BCUT2D eigenvalue weighted by atomic mass is 16.5. The summed E-state index contributed by atoms with van der Waals surface area (Å²) in [5.74, 6) is 0.817. The summed E-state index contributed by atoms with van der Waals surface area (Å²) in [6.45, 7) is 6.89. The lowest BCUT2D eigenvalue weighted by Gasteiger charge is -2.32. The average Bonchev–Trinajstić information content (AvgIpc) is 2.28. The first-order chi connectivity index (χ1) is 8.49. The third-order valence-electron chi connectivity index (χ3n) is 3.38. The third-order valence-corrected chi connectivity index (χ3v) is 3.38. The van der Waals surface area contributed by atoms with Crippen LogP contribution in [0.2, 0.25) is 0 Å². The summed E-state index contributed by atoms with van der Waals surface area (Å²) < 4.78 is 5.91. The molecule has 2 atom stereocenters. The van der Waals surface area contributed by atoms with Gasteiger partial charge < -0.3 is 10.5 Å². The molecule has 2 unspecified atom stereocenters. The maximum atomic E-state index is 5.91. The number of aryl methyl sites for hydroxylation is 1. The van der Waals surface area contributed by atoms with E-state index in [0.29, 0.717) is 0 Å². The smallest absolute Gasteiger partial charge is 0.160 e. The number of hydrogen-bond acceptors (Lipinski definition) is 4. The molecule has 4 nitrogen and oxygen atoms in total. The molecule has 0 aliphatic carbocycles. The summed E-state index contributed by atoms with van der Waals surface area (Å²) in [7, 11) is 0. The molecule has 1 aromatic rings. The van der Waals surface area contributed by atoms with Crippen LogP contribution in [-0.2, 0) is 16.8 Å². The second-order valence-electron chi connectivity index (χ2n) is 5.54. The van der Waals surface area contributed by atoms with E-state index < -0.39 is 0 Å². The normalized spacial score (nSPS) is 26.0. The van der Waals surface area contributed by atoms with Crippen molar-refractivity contribution in [2.75, 3.05) is 6.61 Å². The van der Waals surface area contributed by atoms with Crippen molar-refractivity contribution in [3.05, 3.63) is 23.3 Å². The van der Waals surface area contributed by atoms with Crippen LogP contribution in [0.4, 0.5) is 0 Å². The van der Waals surface area contributed by atoms with Crippen molar-refractivity contribution < 1.29 is 4.74 Å². The molecule has 0 radical (unpaired) electrons. The summed E-state index contributed by atoms with van der Waals surface area (Å²) in [6.07, 6.45) is 4.09. The lowest BCUT2D eigenvalue weighted by molar-refractivity contribution is -0.0762. The number of aromatic nitrogens is 2. The first-order valence-electron chi connectivity index (χ1n) is 6.74. The number of rotatable bonds is 3. The Balaban J connectivity index is 2.29. The maximum Gasteiger partial charge on any atom is 0.160 e. The SMILES string of the molecule is Cc1cc(CC(C)N)nc(C2(C)CCCCO2)n1. The summed E-state index contributed by atoms with van der Waals surface area (Å²) in [5, 5.41) is 0. The fourth-order valence-electron chi connectivity index (χ4n) is 2.42. The molecule has 2 N–H and O–H groups in total. The van der Waals surface area contributed by atoms with Crippen molar-refractivity contribution >= 4 is 0 Å². The molecule has 1 saturated heterocycles. The minimum absolute atomic E-state index is 0.118. The topological polar surface area (TPSA) is 61.0 Å². The van der Waals surface area contributed by atoms with E-state index in [0.717, 1.165) is 43.1 Å². The molecule has 1 aliphatic rings. The van der Waals surface area contributed by atoms with Gasteiger partial charge in [0, 0.05) is 30.5 Å². The molecule has 1 aliphatic heterocycles. The van der Waals surface area contributed by atoms with Crippen LogP contribution >= 0.6 is 0 Å². The highest BCUT2D eigenvalue weighted by molar-refractivity contribution is 5.15. The van der Waals surface area contributed by atoms with Crippen LogP contribution in [0, 0.1) is 6.92 Å². The highest BCUT2D eigenvalue weighted by Gasteiger charge is 2.33. The first kappa shape index (κ1) is 13.4. The maximum absolute atomic E-state index is 5.91. The molecule has 0 saturated carbocycles. The summed E-state index contributed by atoms with van der Waals surface area (Å²) in [6, 6.07) is 2.13. The number of ether oxygens (including phenoxy) is 1. The summed E-state index contributed by atoms with van der Waals surface area (Å²) in [5.41, 5.74) is 7.53. The Labute approximate surface area is 109 Å². The van der Waals surface area contributed by atoms with E-state index >= 15 is 0 Å². The first-order valence-corrected chi connectivity index (χ1v) is 6.74. The van der Waals surface area contributed by atoms with Crippen LogP contribution in [0.3, 0.4) is 0 Å². The molecule has 1 aromatic heterocycles. The fraction of sp³-hybridized carbons (Fsp3) is 0.714. The van der Waals surface area contributed by atoms with Crippen molar-refractivity contribution in [2.24, 2.45) is 5.73 Å². The summed E-state index contributed by atoms with van der Waals surface area (Å²) >= 11 is 0. The van der Waals surface area contributed by atoms with Gasteiger partial charge in [-0.25, -0.2) is 9.97 Å². The molecule has 2 heterocycles. The Morgan fingerprint density at radius 3 is 2.83 bits per heavy atom. The zero-order chi connectivity index (χ0) is 13.2. The van der Waals surface area contributed by atoms with Gasteiger partial charge in [-0.3, -0.25) is 0 Å². The lowest BCUT2D eigenvalue weighted by atomic mass is 9.94. The van der Waals surface area contributed by atoms with E-state index in [4.69, 9.17) is 10.5 Å². The zero-order valence-electron chi connectivity index (χ0n) is 11.6. The molecule has 0 bridgehead atoms. The van der Waals surface area contributed by atoms with E-state index in [1.54, 1.807) is 0 Å². The van der Waals surface area contributed by atoms with Gasteiger partial charge in [-0.15, -0.1) is 0 Å². The average molecular weight is 249 g/mol. The Morgan fingerprint density at radius 2 is 2.22 bits per heavy atom. The molecule has 18 heavy (non-hydrogen) atoms. The second-order valence-corrected chi connectivity index (χ2v) is 5.54. The summed E-state index contributed by atoms with van der Waals surface area (Å²) in [4.78, 5) is 9.21. The Morgan fingerprint density at radius 1 is 1.44 bits per heavy atom. The quantitative estimate of drug-likeness (QED) is 0.891. The van der Waals surface area contributed by atoms with Crippen molar-refractivity contribution in [3.8, 4) is 0 Å². The molecule has 2 rings (SSSR count). The largest absolute Gasteiger partial charge is 0.367 e. The number of nitrogens with two attached hydrogens (primary N) is 1. The fourth-order valence-corrected chi connectivity index (χ4v) is 2.42. The molecule has 0 aromatic carbocycles. The standard InChI is InChI=1S/C14H23N3O/c1-10(15)8-12-9-11(2)16-13(17-12)14(3)6-4-5-7-18-14/h9-10H,4-8,15H2,1-3H3. The number of nitrogens with zero attached hydrogens (tertiary/aromatic N) is 2. The minimum Gasteiger partial charge on any atom is -0.367 e. The predicted octanol–water partition coefficient (Wildman–Crippen LogP) is 2.09. The van der Waals surface area contributed by atoms with Gasteiger partial charge in [0.25, 0.3) is 0 Å². The highest BCUT2D eigenvalue weighted by Crippen LogP contribution is 2.32. The molecule has 1 fully saturated rings. The minimum atomic E-state index is -0.323. The van der Waals surface area contributed by atoms with Crippen molar-refractivity contribution in [3.63, 3.8) is 0 Å². The Kier molecular flexibility index (Phi) is 3.97. The van der Waals surface area contributed by atoms with Crippen LogP contribution in [0.15, 0.2) is 6.07 Å². The van der Waals surface area contributed by atoms with Gasteiger partial charge in [0.05, 0.1) is 0 Å². The van der Waals surface area contributed by atoms with E-state index in [1.165, 1.54) is 6.42 Å². The van der Waals surface area contributed by atoms with Crippen LogP contribution in [0.25, 0.3) is 0 Å². The number of hydrogen-bond donors (Lipinski definition) is 1. The van der Waals surface area contributed by atoms with Crippen molar-refractivity contribution in [2.45, 2.75) is 58.1 Å². The van der Waals surface area contributed by atoms with Gasteiger partial charge in [-0.2, -0.15) is 0 Å². The van der Waals surface area contributed by atoms with Crippen molar-refractivity contribution in [1.29, 1.82) is 0 Å². The molecule has 0 spiro atoms. The van der Waals surface area contributed by atoms with Gasteiger partial charge in [0.2, 0.25) is 0 Å². The second kappa shape index (κ2) is 5.33. The molecular formula is C14H23N3O. The van der Waals surface area contributed by atoms with Crippen LogP contribution in [0.5, 0.6) is 0 Å². The van der Waals surface area contributed by atoms with Crippen molar-refractivity contribution in [1.82, 2.24) is 9.97 Å². The molecule has 0 amide bonds. The van der Waals surface area contributed by atoms with Crippen LogP contribution in [-0.4, -0.2) is 22.6 Å². The van der Waals surface area contributed by atoms with E-state index in [-0.39, 0.29) is 11.6 Å². The third kappa shape index (κ3) is 3.06. The lowest BCUT2D eigenvalue weighted by Crippen LogP contribution is -2.33. The van der Waals surface area contributed by atoms with Gasteiger partial charge >= 0.3 is 0 Å².